The van der Waals surface area contributed by atoms with Gasteiger partial charge in [0.05, 0.1) is 0 Å². The molecule has 1 atom stereocenters. The lowest BCUT2D eigenvalue weighted by atomic mass is 10.0. The monoisotopic (exact) mass is 290 g/mol. The van der Waals surface area contributed by atoms with Crippen LogP contribution in [0.25, 0.3) is 0 Å². The Morgan fingerprint density at radius 1 is 1.24 bits per heavy atom. The number of ether oxygens (including phenoxy) is 1. The Bertz CT molecular complexity index is 549. The minimum atomic E-state index is -0.915. The molecule has 3 amide bonds. The standard InChI is InChI=1S/C15H18N2O4/c1-3-9(4-2)13(18)16-11-7-5-10(6-8-11)12-14(19)17-15(20)21-12/h5-9,12H,3-4H2,1-2H3,(H,16,18)(H,17,19,20). The molecule has 21 heavy (non-hydrogen) atoms. The Labute approximate surface area is 122 Å². The van der Waals surface area contributed by atoms with E-state index in [2.05, 4.69) is 10.6 Å². The number of carbonyl (C=O) groups excluding carboxylic acids is 3. The van der Waals surface area contributed by atoms with Crippen LogP contribution in [0.4, 0.5) is 10.5 Å². The number of imide groups is 1. The van der Waals surface area contributed by atoms with Gasteiger partial charge in [0.1, 0.15) is 0 Å². The van der Waals surface area contributed by atoms with Gasteiger partial charge in [-0.25, -0.2) is 4.79 Å². The van der Waals surface area contributed by atoms with Crippen molar-refractivity contribution in [3.63, 3.8) is 0 Å². The maximum atomic E-state index is 12.0. The zero-order valence-corrected chi connectivity index (χ0v) is 12.0. The van der Waals surface area contributed by atoms with E-state index in [1.165, 1.54) is 0 Å². The second kappa shape index (κ2) is 6.39. The Morgan fingerprint density at radius 3 is 2.33 bits per heavy atom. The number of anilines is 1. The third kappa shape index (κ3) is 3.39. The molecule has 2 N–H and O–H groups in total. The van der Waals surface area contributed by atoms with Crippen molar-refractivity contribution in [3.8, 4) is 0 Å². The normalized spacial score (nSPS) is 17.6. The Kier molecular flexibility index (Phi) is 4.57. The Morgan fingerprint density at radius 2 is 1.86 bits per heavy atom. The maximum Gasteiger partial charge on any atom is 0.415 e. The molecule has 0 bridgehead atoms. The summed E-state index contributed by atoms with van der Waals surface area (Å²) in [6, 6.07) is 6.70. The topological polar surface area (TPSA) is 84.5 Å². The molecule has 1 saturated heterocycles. The number of benzene rings is 1. The van der Waals surface area contributed by atoms with Crippen molar-refractivity contribution >= 4 is 23.6 Å². The van der Waals surface area contributed by atoms with E-state index in [1.807, 2.05) is 13.8 Å². The SMILES string of the molecule is CCC(CC)C(=O)Nc1ccc(C2OC(=O)NC2=O)cc1. The van der Waals surface area contributed by atoms with Gasteiger partial charge in [0, 0.05) is 17.2 Å². The first kappa shape index (κ1) is 15.0. The Hall–Kier alpha value is -2.37. The molecule has 2 rings (SSSR count). The highest BCUT2D eigenvalue weighted by Gasteiger charge is 2.33. The van der Waals surface area contributed by atoms with Gasteiger partial charge >= 0.3 is 6.09 Å². The van der Waals surface area contributed by atoms with Crippen molar-refractivity contribution in [1.82, 2.24) is 5.32 Å². The zero-order valence-electron chi connectivity index (χ0n) is 12.0. The fourth-order valence-corrected chi connectivity index (χ4v) is 2.22. The van der Waals surface area contributed by atoms with Crippen molar-refractivity contribution in [2.24, 2.45) is 5.92 Å². The molecule has 1 fully saturated rings. The van der Waals surface area contributed by atoms with Crippen molar-refractivity contribution in [2.75, 3.05) is 5.32 Å². The van der Waals surface area contributed by atoms with Crippen molar-refractivity contribution < 1.29 is 19.1 Å². The highest BCUT2D eigenvalue weighted by Crippen LogP contribution is 2.23. The lowest BCUT2D eigenvalue weighted by molar-refractivity contribution is -0.123. The summed E-state index contributed by atoms with van der Waals surface area (Å²) in [5.41, 5.74) is 1.22. The van der Waals surface area contributed by atoms with Crippen LogP contribution in [0, 0.1) is 5.92 Å². The minimum absolute atomic E-state index is 0.00811. The lowest BCUT2D eigenvalue weighted by Crippen LogP contribution is -2.22. The fraction of sp³-hybridized carbons (Fsp3) is 0.400. The molecule has 0 saturated carbocycles. The smallest absolute Gasteiger partial charge is 0.415 e. The molecule has 6 heteroatoms. The fourth-order valence-electron chi connectivity index (χ4n) is 2.22. The van der Waals surface area contributed by atoms with E-state index in [9.17, 15) is 14.4 Å². The largest absolute Gasteiger partial charge is 0.431 e. The quantitative estimate of drug-likeness (QED) is 0.872. The number of hydrogen-bond donors (Lipinski definition) is 2. The molecule has 1 heterocycles. The number of alkyl carbamates (subject to hydrolysis) is 1. The molecule has 6 nitrogen and oxygen atoms in total. The maximum absolute atomic E-state index is 12.0. The van der Waals surface area contributed by atoms with Crippen LogP contribution < -0.4 is 10.6 Å². The van der Waals surface area contributed by atoms with Gasteiger partial charge in [0.2, 0.25) is 12.0 Å². The minimum Gasteiger partial charge on any atom is -0.431 e. The van der Waals surface area contributed by atoms with E-state index in [1.54, 1.807) is 24.3 Å². The number of cyclic esters (lactones) is 1. The van der Waals surface area contributed by atoms with Crippen LogP contribution in [0.3, 0.4) is 0 Å². The molecule has 0 spiro atoms. The summed E-state index contributed by atoms with van der Waals surface area (Å²) in [5.74, 6) is -0.502. The van der Waals surface area contributed by atoms with E-state index in [0.29, 0.717) is 11.3 Å². The van der Waals surface area contributed by atoms with Crippen LogP contribution in [0.15, 0.2) is 24.3 Å². The number of carbonyl (C=O) groups is 3. The van der Waals surface area contributed by atoms with E-state index < -0.39 is 18.1 Å². The molecule has 0 aliphatic carbocycles. The molecular formula is C15H18N2O4. The number of nitrogens with one attached hydrogen (secondary N) is 2. The third-order valence-electron chi connectivity index (χ3n) is 3.53. The molecular weight excluding hydrogens is 272 g/mol. The van der Waals surface area contributed by atoms with E-state index in [-0.39, 0.29) is 11.8 Å². The van der Waals surface area contributed by atoms with Gasteiger partial charge in [0.15, 0.2) is 0 Å². The van der Waals surface area contributed by atoms with Gasteiger partial charge in [-0.2, -0.15) is 0 Å². The highest BCUT2D eigenvalue weighted by molar-refractivity contribution is 6.00. The van der Waals surface area contributed by atoms with Gasteiger partial charge in [-0.15, -0.1) is 0 Å². The zero-order chi connectivity index (χ0) is 15.4. The van der Waals surface area contributed by atoms with Crippen LogP contribution in [-0.4, -0.2) is 17.9 Å². The van der Waals surface area contributed by atoms with E-state index in [0.717, 1.165) is 12.8 Å². The molecule has 112 valence electrons. The first-order valence-corrected chi connectivity index (χ1v) is 6.97. The van der Waals surface area contributed by atoms with Gasteiger partial charge in [-0.1, -0.05) is 26.0 Å². The van der Waals surface area contributed by atoms with Crippen molar-refractivity contribution in [2.45, 2.75) is 32.8 Å². The van der Waals surface area contributed by atoms with Crippen molar-refractivity contribution in [3.05, 3.63) is 29.8 Å². The molecule has 1 aromatic carbocycles. The van der Waals surface area contributed by atoms with Crippen molar-refractivity contribution in [1.29, 1.82) is 0 Å². The van der Waals surface area contributed by atoms with Crippen LogP contribution >= 0.6 is 0 Å². The van der Waals surface area contributed by atoms with Gasteiger partial charge in [-0.3, -0.25) is 14.9 Å². The van der Waals surface area contributed by atoms with E-state index in [4.69, 9.17) is 4.74 Å². The molecule has 1 aliphatic rings. The van der Waals surface area contributed by atoms with Gasteiger partial charge in [-0.05, 0) is 25.0 Å². The van der Waals surface area contributed by atoms with Gasteiger partial charge < -0.3 is 10.1 Å². The summed E-state index contributed by atoms with van der Waals surface area (Å²) in [5, 5.41) is 4.91. The molecule has 0 aromatic heterocycles. The summed E-state index contributed by atoms with van der Waals surface area (Å²) in [4.78, 5) is 34.4. The third-order valence-corrected chi connectivity index (χ3v) is 3.53. The number of amides is 3. The number of rotatable bonds is 5. The second-order valence-corrected chi connectivity index (χ2v) is 4.90. The first-order chi connectivity index (χ1) is 10.0. The first-order valence-electron chi connectivity index (χ1n) is 6.97. The average molecular weight is 290 g/mol. The lowest BCUT2D eigenvalue weighted by Gasteiger charge is -2.13. The summed E-state index contributed by atoms with van der Waals surface area (Å²) in [7, 11) is 0. The molecule has 1 unspecified atom stereocenters. The Balaban J connectivity index is 2.04. The molecule has 0 radical (unpaired) electrons. The summed E-state index contributed by atoms with van der Waals surface area (Å²) < 4.78 is 4.87. The van der Waals surface area contributed by atoms with Crippen LogP contribution in [0.1, 0.15) is 38.4 Å². The second-order valence-electron chi connectivity index (χ2n) is 4.90. The molecule has 1 aliphatic heterocycles. The number of hydrogen-bond acceptors (Lipinski definition) is 4. The summed E-state index contributed by atoms with van der Waals surface area (Å²) >= 11 is 0. The van der Waals surface area contributed by atoms with E-state index >= 15 is 0 Å². The van der Waals surface area contributed by atoms with Crippen LogP contribution in [0.5, 0.6) is 0 Å². The summed E-state index contributed by atoms with van der Waals surface area (Å²) in [6.45, 7) is 3.95. The van der Waals surface area contributed by atoms with Crippen LogP contribution in [-0.2, 0) is 14.3 Å². The predicted molar refractivity (Wildman–Crippen MR) is 76.5 cm³/mol. The predicted octanol–water partition coefficient (Wildman–Crippen LogP) is 2.37. The van der Waals surface area contributed by atoms with Gasteiger partial charge in [0.25, 0.3) is 5.91 Å². The molecule has 1 aromatic rings. The highest BCUT2D eigenvalue weighted by atomic mass is 16.6. The average Bonchev–Trinajstić information content (AvgIpc) is 2.80. The van der Waals surface area contributed by atoms with Crippen LogP contribution in [0.2, 0.25) is 0 Å². The summed E-state index contributed by atoms with van der Waals surface area (Å²) in [6.07, 6.45) is -0.0746.